The van der Waals surface area contributed by atoms with Crippen molar-refractivity contribution in [2.45, 2.75) is 210 Å². The van der Waals surface area contributed by atoms with Gasteiger partial charge < -0.3 is 83.7 Å². The molecule has 22 heteroatoms. The van der Waals surface area contributed by atoms with Crippen LogP contribution in [0.25, 0.3) is 10.9 Å². The number of anilines is 1. The highest BCUT2D eigenvalue weighted by Crippen LogP contribution is 2.42. The summed E-state index contributed by atoms with van der Waals surface area (Å²) in [6.45, 7) is 18.5. The number of aliphatic hydroxyl groups is 4. The van der Waals surface area contributed by atoms with Crippen LogP contribution in [0.3, 0.4) is 0 Å². The predicted octanol–water partition coefficient (Wildman–Crippen LogP) is 4.54. The van der Waals surface area contributed by atoms with Gasteiger partial charge in [0.25, 0.3) is 0 Å². The number of methoxy groups -OCH3 is 1. The van der Waals surface area contributed by atoms with E-state index in [9.17, 15) is 44.7 Å². The van der Waals surface area contributed by atoms with Crippen molar-refractivity contribution in [3.8, 4) is 0 Å². The summed E-state index contributed by atoms with van der Waals surface area (Å²) in [6.07, 6.45) is -4.96. The number of carbonyl (C=O) groups is 3. The second kappa shape index (κ2) is 26.1. The third kappa shape index (κ3) is 14.5. The Hall–Kier alpha value is -3.55. The zero-order valence-corrected chi connectivity index (χ0v) is 49.0. The van der Waals surface area contributed by atoms with Crippen LogP contribution >= 0.6 is 11.6 Å². The van der Waals surface area contributed by atoms with Crippen LogP contribution in [0.5, 0.6) is 0 Å². The van der Waals surface area contributed by atoms with E-state index in [1.54, 1.807) is 58.2 Å². The first-order valence-electron chi connectivity index (χ1n) is 27.7. The van der Waals surface area contributed by atoms with Gasteiger partial charge in [-0.3, -0.25) is 14.4 Å². The van der Waals surface area contributed by atoms with E-state index in [0.29, 0.717) is 29.2 Å². The van der Waals surface area contributed by atoms with E-state index in [4.69, 9.17) is 44.8 Å². The molecule has 7 N–H and O–H groups in total. The predicted molar refractivity (Wildman–Crippen MR) is 292 cm³/mol. The van der Waals surface area contributed by atoms with Gasteiger partial charge >= 0.3 is 11.9 Å². The monoisotopic (exact) mass is 1120 g/mol. The topological polar surface area (TPSA) is 270 Å². The van der Waals surface area contributed by atoms with Crippen LogP contribution in [0.1, 0.15) is 131 Å². The van der Waals surface area contributed by atoms with Gasteiger partial charge in [-0.15, -0.1) is 0 Å². The molecule has 0 radical (unpaired) electrons. The lowest BCUT2D eigenvalue weighted by Crippen LogP contribution is -2.64. The molecule has 1 aromatic carbocycles. The number of nitrogens with zero attached hydrogens (tertiary/aromatic N) is 3. The van der Waals surface area contributed by atoms with Crippen LogP contribution in [0.4, 0.5) is 5.69 Å². The number of likely N-dealkylation sites (N-methyl/N-ethyl adjacent to an activating group) is 2. The van der Waals surface area contributed by atoms with Crippen LogP contribution in [0, 0.1) is 17.8 Å². The molecule has 3 saturated heterocycles. The number of hydrogen-bond acceptors (Lipinski definition) is 18. The van der Waals surface area contributed by atoms with Crippen molar-refractivity contribution < 1.29 is 73.1 Å². The Morgan fingerprint density at radius 3 is 2.27 bits per heavy atom. The maximum Gasteiger partial charge on any atom is 0.341 e. The molecule has 1 aromatic heterocycles. The van der Waals surface area contributed by atoms with Crippen molar-refractivity contribution in [2.24, 2.45) is 17.8 Å². The lowest BCUT2D eigenvalue weighted by molar-refractivity contribution is -0.311. The van der Waals surface area contributed by atoms with Crippen molar-refractivity contribution in [2.75, 3.05) is 59.9 Å². The first-order chi connectivity index (χ1) is 36.5. The fourth-order valence-corrected chi connectivity index (χ4v) is 12.3. The minimum atomic E-state index is -1.87. The van der Waals surface area contributed by atoms with Crippen LogP contribution in [0.15, 0.2) is 23.1 Å². The van der Waals surface area contributed by atoms with Gasteiger partial charge in [-0.25, -0.2) is 4.79 Å². The van der Waals surface area contributed by atoms with E-state index in [0.717, 1.165) is 12.8 Å². The number of halogens is 1. The highest BCUT2D eigenvalue weighted by atomic mass is 35.5. The number of hydrogen-bond donors (Lipinski definition) is 7. The first-order valence-corrected chi connectivity index (χ1v) is 28.1. The quantitative estimate of drug-likeness (QED) is 0.0846. The van der Waals surface area contributed by atoms with Gasteiger partial charge in [0.1, 0.15) is 29.5 Å². The Morgan fingerprint density at radius 1 is 0.974 bits per heavy atom. The van der Waals surface area contributed by atoms with E-state index < -0.39 is 107 Å². The highest BCUT2D eigenvalue weighted by molar-refractivity contribution is 6.34. The number of carboxylic acid groups (broad SMARTS) is 1. The van der Waals surface area contributed by atoms with Crippen LogP contribution in [-0.2, 0) is 42.7 Å². The number of aromatic carboxylic acids is 1. The Bertz CT molecular complexity index is 2440. The molecule has 1 saturated carbocycles. The molecule has 18 atom stereocenters. The summed E-state index contributed by atoms with van der Waals surface area (Å²) in [7, 11) is 7.09. The summed E-state index contributed by atoms with van der Waals surface area (Å²) < 4.78 is 46.5. The van der Waals surface area contributed by atoms with E-state index in [2.05, 4.69) is 10.6 Å². The fraction of sp³-hybridized carbons (Fsp3) is 0.786. The summed E-state index contributed by atoms with van der Waals surface area (Å²) in [5.74, 6) is -4.51. The van der Waals surface area contributed by atoms with Gasteiger partial charge in [0.2, 0.25) is 11.3 Å². The molecule has 78 heavy (non-hydrogen) atoms. The number of nitrogens with one attached hydrogen (secondary N) is 2. The number of amides is 1. The molecule has 1 aliphatic carbocycles. The Kier molecular flexibility index (Phi) is 21.3. The number of rotatable bonds is 17. The first kappa shape index (κ1) is 63.6. The van der Waals surface area contributed by atoms with E-state index in [1.165, 1.54) is 20.2 Å². The maximum absolute atomic E-state index is 14.6. The van der Waals surface area contributed by atoms with Gasteiger partial charge in [-0.05, 0) is 120 Å². The zero-order chi connectivity index (χ0) is 57.9. The third-order valence-corrected chi connectivity index (χ3v) is 17.2. The number of pyridine rings is 1. The van der Waals surface area contributed by atoms with Gasteiger partial charge in [0.15, 0.2) is 12.6 Å². The number of ether oxygens (including phenoxy) is 7. The standard InChI is InChI=1S/C56H90ClN5O16/c1-15-42-56(10,71)49(66)33(6)61(13)27-29(2)25-54(8,70)50(78-53-46(65)41(60(11)12)22-30(3)74-53)31(4)47(32(5)52(69)76-42)77-44-26-55(9,72-14)48(34(7)75-44)59-43(63)18-20-73-21-19-58-39-23-36-40(24-38(39)57)62(35-16-17-35)28-37(45(36)64)51(67)68/h23-24,28-35,41-42,44,46-50,53,58,65-66,70-71H,15-22,25-27H2,1-14H3,(H,59,63)(H,67,68)/t29-,30-,31+,32-,33-,34+,41+,42-,44+,46-,47+,48-,49-,50-,53+,54-,55-,56-/m1/s1. The number of esters is 1. The fourth-order valence-electron chi connectivity index (χ4n) is 12.1. The molecular weight excluding hydrogens is 1030 g/mol. The third-order valence-electron chi connectivity index (χ3n) is 16.9. The van der Waals surface area contributed by atoms with Crippen molar-refractivity contribution in [3.05, 3.63) is 39.1 Å². The van der Waals surface area contributed by atoms with Crippen molar-refractivity contribution in [1.29, 1.82) is 0 Å². The molecule has 4 fully saturated rings. The average molecular weight is 1120 g/mol. The molecule has 0 unspecified atom stereocenters. The molecule has 2 aromatic rings. The lowest BCUT2D eigenvalue weighted by atomic mass is 9.77. The van der Waals surface area contributed by atoms with Crippen LogP contribution in [0.2, 0.25) is 5.02 Å². The molecule has 1 amide bonds. The number of aliphatic hydroxyl groups excluding tert-OH is 2. The summed E-state index contributed by atoms with van der Waals surface area (Å²) >= 11 is 6.63. The van der Waals surface area contributed by atoms with Gasteiger partial charge in [0, 0.05) is 68.7 Å². The summed E-state index contributed by atoms with van der Waals surface area (Å²) in [6, 6.07) is 1.73. The Labute approximate surface area is 464 Å². The van der Waals surface area contributed by atoms with E-state index in [-0.39, 0.29) is 86.4 Å². The molecule has 0 spiro atoms. The van der Waals surface area contributed by atoms with Gasteiger partial charge in [-0.2, -0.15) is 0 Å². The molecule has 21 nitrogen and oxygen atoms in total. The van der Waals surface area contributed by atoms with Crippen molar-refractivity contribution >= 4 is 46.0 Å². The molecule has 4 aliphatic rings. The highest BCUT2D eigenvalue weighted by Gasteiger charge is 2.53. The second-order valence-electron chi connectivity index (χ2n) is 23.7. The SMILES string of the molecule is CC[C@H]1OC(=O)[C@H](C)[C@@H](O[C@H]2C[C@@](C)(OC)[C@H](NC(=O)CCOCCNc3cc4c(=O)c(C(=O)O)cn(C5CC5)c4cc3Cl)[C@H](C)O2)[C@H](C)[C@@H](O[C@@H]2O[C@H](C)C[C@H](N(C)C)[C@H]2O)[C@](C)(O)C[C@@H](C)CN(C)[C@H](C)[C@@H](O)[C@]1(C)O. The van der Waals surface area contributed by atoms with Crippen molar-refractivity contribution in [1.82, 2.24) is 19.7 Å². The minimum Gasteiger partial charge on any atom is -0.477 e. The normalized spacial score (nSPS) is 37.8. The molecule has 442 valence electrons. The smallest absolute Gasteiger partial charge is 0.341 e. The molecular formula is C56H90ClN5O16. The van der Waals surface area contributed by atoms with Gasteiger partial charge in [-0.1, -0.05) is 32.4 Å². The number of fused-ring (bicyclic) bond motifs is 1. The molecule has 6 rings (SSSR count). The van der Waals surface area contributed by atoms with E-state index >= 15 is 0 Å². The number of carboxylic acids is 1. The average Bonchev–Trinajstić information content (AvgIpc) is 4.28. The number of cyclic esters (lactones) is 1. The van der Waals surface area contributed by atoms with Gasteiger partial charge in [0.05, 0.1) is 77.0 Å². The lowest BCUT2D eigenvalue weighted by Gasteiger charge is -2.49. The van der Waals surface area contributed by atoms with Crippen LogP contribution < -0.4 is 16.1 Å². The van der Waals surface area contributed by atoms with E-state index in [1.807, 2.05) is 51.7 Å². The number of carbonyl (C=O) groups excluding carboxylic acids is 2. The summed E-state index contributed by atoms with van der Waals surface area (Å²) in [4.78, 5) is 57.0. The second-order valence-corrected chi connectivity index (χ2v) is 24.1. The largest absolute Gasteiger partial charge is 0.477 e. The van der Waals surface area contributed by atoms with Crippen molar-refractivity contribution in [3.63, 3.8) is 0 Å². The summed E-state index contributed by atoms with van der Waals surface area (Å²) in [5.41, 5.74) is -4.48. The molecule has 3 aliphatic heterocycles. The maximum atomic E-state index is 14.6. The minimum absolute atomic E-state index is 0.0111. The summed E-state index contributed by atoms with van der Waals surface area (Å²) in [5, 5.41) is 64.7. The molecule has 4 heterocycles. The Morgan fingerprint density at radius 2 is 1.65 bits per heavy atom. The molecule has 0 bridgehead atoms. The van der Waals surface area contributed by atoms with Crippen LogP contribution in [-0.4, -0.2) is 203 Å². The number of benzene rings is 1. The number of aromatic nitrogens is 1. The zero-order valence-electron chi connectivity index (χ0n) is 48.2. The Balaban J connectivity index is 1.18.